The van der Waals surface area contributed by atoms with Crippen molar-refractivity contribution >= 4 is 22.9 Å². The molecule has 1 N–H and O–H groups in total. The van der Waals surface area contributed by atoms with Crippen LogP contribution < -0.4 is 4.90 Å². The lowest BCUT2D eigenvalue weighted by Gasteiger charge is -2.38. The lowest BCUT2D eigenvalue weighted by molar-refractivity contribution is -0.132. The quantitative estimate of drug-likeness (QED) is 0.816. The highest BCUT2D eigenvalue weighted by molar-refractivity contribution is 5.87. The van der Waals surface area contributed by atoms with Gasteiger partial charge in [-0.2, -0.15) is 5.10 Å². The molecule has 104 valence electrons. The number of likely N-dealkylation sites (tertiary alicyclic amines) is 1. The molecule has 2 fully saturated rings. The van der Waals surface area contributed by atoms with Crippen LogP contribution in [0.3, 0.4) is 0 Å². The Morgan fingerprint density at radius 1 is 1.40 bits per heavy atom. The molecule has 4 heterocycles. The largest absolute Gasteiger partial charge is 0.342 e. The highest BCUT2D eigenvalue weighted by Crippen LogP contribution is 2.33. The normalized spacial score (nSPS) is 25.8. The van der Waals surface area contributed by atoms with Crippen molar-refractivity contribution in [3.63, 3.8) is 0 Å². The fraction of sp³-hybridized carbons (Fsp3) is 0.538. The van der Waals surface area contributed by atoms with Crippen molar-refractivity contribution in [2.45, 2.75) is 31.8 Å². The molecule has 2 aromatic rings. The summed E-state index contributed by atoms with van der Waals surface area (Å²) in [5.41, 5.74) is 2.52. The summed E-state index contributed by atoms with van der Waals surface area (Å²) in [5.74, 6) is 0.822. The molecule has 7 heteroatoms. The molecule has 2 atom stereocenters. The number of aryl methyl sites for hydroxylation is 1. The summed E-state index contributed by atoms with van der Waals surface area (Å²) < 4.78 is 0. The number of carbonyl (C=O) groups is 1. The topological polar surface area (TPSA) is 78.0 Å². The number of likely N-dealkylation sites (N-methyl/N-ethyl adjacent to an activating group) is 1. The Bertz CT molecular complexity index is 695. The first-order valence-electron chi connectivity index (χ1n) is 6.86. The van der Waals surface area contributed by atoms with Gasteiger partial charge in [0.15, 0.2) is 0 Å². The maximum atomic E-state index is 12.3. The molecule has 7 nitrogen and oxygen atoms in total. The summed E-state index contributed by atoms with van der Waals surface area (Å²) in [6.45, 7) is 2.67. The van der Waals surface area contributed by atoms with E-state index in [9.17, 15) is 4.79 Å². The second-order valence-electron chi connectivity index (χ2n) is 5.61. The van der Waals surface area contributed by atoms with Gasteiger partial charge in [0.2, 0.25) is 11.9 Å². The van der Waals surface area contributed by atoms with Crippen LogP contribution in [-0.4, -0.2) is 56.6 Å². The van der Waals surface area contributed by atoms with E-state index in [2.05, 4.69) is 25.1 Å². The molecule has 20 heavy (non-hydrogen) atoms. The molecular weight excluding hydrogens is 256 g/mol. The Hall–Kier alpha value is -2.18. The molecule has 2 unspecified atom stereocenters. The first-order valence-corrected chi connectivity index (χ1v) is 6.86. The van der Waals surface area contributed by atoms with Crippen molar-refractivity contribution in [2.75, 3.05) is 18.5 Å². The number of nitrogens with one attached hydrogen (secondary N) is 1. The third kappa shape index (κ3) is 1.46. The van der Waals surface area contributed by atoms with Gasteiger partial charge in [-0.15, -0.1) is 0 Å². The molecule has 2 aliphatic heterocycles. The van der Waals surface area contributed by atoms with Crippen LogP contribution >= 0.6 is 0 Å². The van der Waals surface area contributed by atoms with Crippen LogP contribution in [0.5, 0.6) is 0 Å². The van der Waals surface area contributed by atoms with Gasteiger partial charge < -0.3 is 9.80 Å². The molecule has 0 saturated carbocycles. The standard InChI is InChI=1S/C13H16N6O/c1-7-11-9(17-16-7)5-14-13(15-11)19-8-3-4-10(19)12(20)18(2)6-8/h5,8,10H,3-4,6H2,1-2H3,(H,16,17). The van der Waals surface area contributed by atoms with Crippen molar-refractivity contribution in [3.05, 3.63) is 11.9 Å². The highest BCUT2D eigenvalue weighted by atomic mass is 16.2. The van der Waals surface area contributed by atoms with Crippen LogP contribution in [0.15, 0.2) is 6.20 Å². The van der Waals surface area contributed by atoms with Gasteiger partial charge in [0.25, 0.3) is 0 Å². The van der Waals surface area contributed by atoms with Crippen LogP contribution in [-0.2, 0) is 4.79 Å². The Labute approximate surface area is 116 Å². The number of hydrogen-bond donors (Lipinski definition) is 1. The lowest BCUT2D eigenvalue weighted by atomic mass is 10.2. The zero-order chi connectivity index (χ0) is 13.9. The average molecular weight is 272 g/mol. The zero-order valence-corrected chi connectivity index (χ0v) is 11.5. The second kappa shape index (κ2) is 3.91. The Balaban J connectivity index is 1.79. The van der Waals surface area contributed by atoms with E-state index >= 15 is 0 Å². The molecule has 2 saturated heterocycles. The van der Waals surface area contributed by atoms with Crippen molar-refractivity contribution in [2.24, 2.45) is 0 Å². The monoisotopic (exact) mass is 272 g/mol. The van der Waals surface area contributed by atoms with Gasteiger partial charge >= 0.3 is 0 Å². The molecule has 2 aromatic heterocycles. The van der Waals surface area contributed by atoms with E-state index in [0.29, 0.717) is 12.0 Å². The predicted molar refractivity (Wildman–Crippen MR) is 73.3 cm³/mol. The molecule has 4 rings (SSSR count). The van der Waals surface area contributed by atoms with E-state index in [0.717, 1.165) is 36.1 Å². The van der Waals surface area contributed by atoms with Gasteiger partial charge in [-0.3, -0.25) is 9.89 Å². The van der Waals surface area contributed by atoms with Gasteiger partial charge in [-0.25, -0.2) is 9.97 Å². The zero-order valence-electron chi connectivity index (χ0n) is 11.5. The maximum absolute atomic E-state index is 12.3. The Morgan fingerprint density at radius 3 is 3.10 bits per heavy atom. The first kappa shape index (κ1) is 11.6. The average Bonchev–Trinajstić information content (AvgIpc) is 2.98. The summed E-state index contributed by atoms with van der Waals surface area (Å²) in [7, 11) is 1.87. The van der Waals surface area contributed by atoms with Crippen molar-refractivity contribution in [3.8, 4) is 0 Å². The Morgan fingerprint density at radius 2 is 2.25 bits per heavy atom. The molecule has 0 aromatic carbocycles. The number of nitrogens with zero attached hydrogens (tertiary/aromatic N) is 5. The number of amides is 1. The molecule has 0 radical (unpaired) electrons. The van der Waals surface area contributed by atoms with Crippen molar-refractivity contribution in [1.29, 1.82) is 0 Å². The summed E-state index contributed by atoms with van der Waals surface area (Å²) in [6.07, 6.45) is 3.66. The van der Waals surface area contributed by atoms with E-state index < -0.39 is 0 Å². The number of carbonyl (C=O) groups excluding carboxylic acids is 1. The number of fused-ring (bicyclic) bond motifs is 3. The van der Waals surface area contributed by atoms with Crippen molar-refractivity contribution < 1.29 is 4.79 Å². The molecule has 2 aliphatic rings. The van der Waals surface area contributed by atoms with E-state index in [1.54, 1.807) is 6.20 Å². The van der Waals surface area contributed by atoms with Crippen LogP contribution in [0, 0.1) is 6.92 Å². The van der Waals surface area contributed by atoms with Gasteiger partial charge in [0, 0.05) is 13.6 Å². The number of H-pyrrole nitrogens is 1. The molecule has 0 aliphatic carbocycles. The highest BCUT2D eigenvalue weighted by Gasteiger charge is 2.45. The summed E-state index contributed by atoms with van der Waals surface area (Å²) in [4.78, 5) is 25.2. The van der Waals surface area contributed by atoms with Gasteiger partial charge in [0.05, 0.1) is 17.9 Å². The van der Waals surface area contributed by atoms with Crippen LogP contribution in [0.25, 0.3) is 11.0 Å². The third-order valence-electron chi connectivity index (χ3n) is 4.34. The van der Waals surface area contributed by atoms with Gasteiger partial charge in [0.1, 0.15) is 17.1 Å². The number of anilines is 1. The van der Waals surface area contributed by atoms with Crippen molar-refractivity contribution in [1.82, 2.24) is 25.1 Å². The Kier molecular flexibility index (Phi) is 2.27. The fourth-order valence-corrected chi connectivity index (χ4v) is 3.32. The van der Waals surface area contributed by atoms with Crippen LogP contribution in [0.4, 0.5) is 5.95 Å². The van der Waals surface area contributed by atoms with E-state index in [-0.39, 0.29) is 11.9 Å². The van der Waals surface area contributed by atoms with Gasteiger partial charge in [-0.1, -0.05) is 0 Å². The third-order valence-corrected chi connectivity index (χ3v) is 4.34. The summed E-state index contributed by atoms with van der Waals surface area (Å²) in [5, 5.41) is 7.04. The lowest BCUT2D eigenvalue weighted by Crippen LogP contribution is -2.56. The smallest absolute Gasteiger partial charge is 0.245 e. The minimum Gasteiger partial charge on any atom is -0.342 e. The van der Waals surface area contributed by atoms with E-state index in [1.807, 2.05) is 18.9 Å². The number of rotatable bonds is 1. The summed E-state index contributed by atoms with van der Waals surface area (Å²) >= 11 is 0. The van der Waals surface area contributed by atoms with Gasteiger partial charge in [-0.05, 0) is 19.8 Å². The first-order chi connectivity index (χ1) is 9.65. The summed E-state index contributed by atoms with van der Waals surface area (Å²) in [6, 6.07) is 0.218. The van der Waals surface area contributed by atoms with E-state index in [1.165, 1.54) is 0 Å². The molecular formula is C13H16N6O. The molecule has 2 bridgehead atoms. The van der Waals surface area contributed by atoms with E-state index in [4.69, 9.17) is 0 Å². The number of piperazine rings is 1. The predicted octanol–water partition coefficient (Wildman–Crippen LogP) is 0.471. The fourth-order valence-electron chi connectivity index (χ4n) is 3.32. The number of aromatic amines is 1. The second-order valence-corrected chi connectivity index (χ2v) is 5.61. The molecule has 1 amide bonds. The van der Waals surface area contributed by atoms with Crippen LogP contribution in [0.2, 0.25) is 0 Å². The number of hydrogen-bond acceptors (Lipinski definition) is 5. The number of aromatic nitrogens is 4. The SMILES string of the molecule is Cc1n[nH]c2cnc(N3C4CCC3C(=O)N(C)C4)nc12. The molecule has 0 spiro atoms. The maximum Gasteiger partial charge on any atom is 0.245 e. The minimum absolute atomic E-state index is 0.108. The van der Waals surface area contributed by atoms with Crippen LogP contribution in [0.1, 0.15) is 18.5 Å². The minimum atomic E-state index is -0.108.